The number of nitrogens with zero attached hydrogens (tertiary/aromatic N) is 5. The van der Waals surface area contributed by atoms with E-state index >= 15 is 0 Å². The second-order valence-corrected chi connectivity index (χ2v) is 7.29. The maximum Gasteiger partial charge on any atom is 0.416 e. The average Bonchev–Trinajstić information content (AvgIpc) is 3.49. The van der Waals surface area contributed by atoms with Crippen molar-refractivity contribution in [2.75, 3.05) is 0 Å². The second-order valence-electron chi connectivity index (χ2n) is 7.29. The highest BCUT2D eigenvalue weighted by Gasteiger charge is 2.34. The Hall–Kier alpha value is -3.30. The highest BCUT2D eigenvalue weighted by molar-refractivity contribution is 5.95. The zero-order valence-electron chi connectivity index (χ0n) is 16.3. The summed E-state index contributed by atoms with van der Waals surface area (Å²) in [6.07, 6.45) is 0.243. The molecule has 30 heavy (non-hydrogen) atoms. The molecule has 0 saturated heterocycles. The Labute approximate surface area is 170 Å². The zero-order chi connectivity index (χ0) is 21.5. The molecule has 3 aromatic rings. The van der Waals surface area contributed by atoms with Crippen LogP contribution in [0.25, 0.3) is 5.95 Å². The molecule has 1 aromatic carbocycles. The van der Waals surface area contributed by atoms with Gasteiger partial charge in [-0.1, -0.05) is 0 Å². The number of amides is 1. The predicted molar refractivity (Wildman–Crippen MR) is 101 cm³/mol. The number of carbonyl (C=O) groups excluding carboxylic acids is 1. The van der Waals surface area contributed by atoms with Gasteiger partial charge in [0.1, 0.15) is 5.82 Å². The van der Waals surface area contributed by atoms with E-state index in [-0.39, 0.29) is 17.4 Å². The minimum absolute atomic E-state index is 0.0303. The lowest BCUT2D eigenvalue weighted by Gasteiger charge is -2.16. The normalized spacial score (nSPS) is 15.1. The van der Waals surface area contributed by atoms with Gasteiger partial charge >= 0.3 is 6.18 Å². The van der Waals surface area contributed by atoms with Gasteiger partial charge in [-0.15, -0.1) is 5.10 Å². The molecule has 1 unspecified atom stereocenters. The summed E-state index contributed by atoms with van der Waals surface area (Å²) in [7, 11) is 0. The lowest BCUT2D eigenvalue weighted by Crippen LogP contribution is -2.29. The molecule has 1 saturated carbocycles. The zero-order valence-corrected chi connectivity index (χ0v) is 16.3. The lowest BCUT2D eigenvalue weighted by molar-refractivity contribution is -0.137. The lowest BCUT2D eigenvalue weighted by atomic mass is 10.0. The van der Waals surface area contributed by atoms with Crippen LogP contribution in [0.5, 0.6) is 0 Å². The molecule has 1 aliphatic carbocycles. The highest BCUT2D eigenvalue weighted by atomic mass is 19.4. The number of nitrogens with one attached hydrogen (secondary N) is 1. The van der Waals surface area contributed by atoms with Gasteiger partial charge in [-0.3, -0.25) is 4.79 Å². The number of aryl methyl sites for hydroxylation is 1. The van der Waals surface area contributed by atoms with Crippen LogP contribution < -0.4 is 5.32 Å². The van der Waals surface area contributed by atoms with Crippen LogP contribution in [-0.4, -0.2) is 30.6 Å². The van der Waals surface area contributed by atoms with Crippen molar-refractivity contribution in [3.05, 3.63) is 65.0 Å². The summed E-state index contributed by atoms with van der Waals surface area (Å²) in [4.78, 5) is 25.4. The van der Waals surface area contributed by atoms with Gasteiger partial charge in [0, 0.05) is 18.0 Å². The van der Waals surface area contributed by atoms with E-state index in [0.717, 1.165) is 25.0 Å². The molecule has 1 fully saturated rings. The smallest absolute Gasteiger partial charge is 0.342 e. The van der Waals surface area contributed by atoms with Crippen LogP contribution in [-0.2, 0) is 6.18 Å². The Morgan fingerprint density at radius 1 is 1.20 bits per heavy atom. The molecule has 156 valence electrons. The molecule has 4 rings (SSSR count). The minimum atomic E-state index is -4.52. The summed E-state index contributed by atoms with van der Waals surface area (Å²) < 4.78 is 41.3. The third kappa shape index (κ3) is 4.17. The number of carbonyl (C=O) groups is 1. The van der Waals surface area contributed by atoms with E-state index in [4.69, 9.17) is 0 Å². The Balaban J connectivity index is 1.61. The highest BCUT2D eigenvalue weighted by Crippen LogP contribution is 2.42. The topological polar surface area (TPSA) is 85.6 Å². The van der Waals surface area contributed by atoms with Gasteiger partial charge in [-0.2, -0.15) is 17.9 Å². The number of rotatable bonds is 5. The van der Waals surface area contributed by atoms with Crippen LogP contribution in [0.1, 0.15) is 64.9 Å². The first-order valence-electron chi connectivity index (χ1n) is 9.46. The molecule has 1 atom stereocenters. The van der Waals surface area contributed by atoms with Crippen molar-refractivity contribution < 1.29 is 18.0 Å². The molecule has 2 heterocycles. The number of hydrogen-bond acceptors (Lipinski definition) is 5. The molecule has 7 nitrogen and oxygen atoms in total. The molecule has 10 heteroatoms. The molecule has 0 radical (unpaired) electrons. The molecule has 1 N–H and O–H groups in total. The number of halogens is 3. The van der Waals surface area contributed by atoms with Crippen molar-refractivity contribution in [1.82, 2.24) is 30.0 Å². The molecule has 1 amide bonds. The Morgan fingerprint density at radius 3 is 2.53 bits per heavy atom. The maximum atomic E-state index is 13.3. The Morgan fingerprint density at radius 2 is 1.90 bits per heavy atom. The van der Waals surface area contributed by atoms with Crippen molar-refractivity contribution in [2.24, 2.45) is 0 Å². The summed E-state index contributed by atoms with van der Waals surface area (Å²) in [6.45, 7) is 3.36. The standard InChI is InChI=1S/C20H19F3N6O/c1-11(17-27-12(2)28-29(17)19-24-6-3-7-25-19)26-18(30)15-8-14(13-4-5-13)9-16(10-15)20(21,22)23/h3,6-11,13H,4-5H2,1-2H3,(H,26,30). The van der Waals surface area contributed by atoms with Gasteiger partial charge in [0.05, 0.1) is 11.6 Å². The molecular formula is C20H19F3N6O. The number of aromatic nitrogens is 5. The van der Waals surface area contributed by atoms with Crippen molar-refractivity contribution in [1.29, 1.82) is 0 Å². The fraction of sp³-hybridized carbons (Fsp3) is 0.350. The number of benzene rings is 1. The van der Waals surface area contributed by atoms with Gasteiger partial charge in [-0.25, -0.2) is 15.0 Å². The second kappa shape index (κ2) is 7.51. The number of alkyl halides is 3. The summed E-state index contributed by atoms with van der Waals surface area (Å²) in [6, 6.07) is 4.56. The van der Waals surface area contributed by atoms with Crippen LogP contribution in [0.15, 0.2) is 36.7 Å². The molecule has 1 aliphatic rings. The fourth-order valence-electron chi connectivity index (χ4n) is 3.20. The molecule has 2 aromatic heterocycles. The Kier molecular flexibility index (Phi) is 5.00. The monoisotopic (exact) mass is 416 g/mol. The largest absolute Gasteiger partial charge is 0.416 e. The molecular weight excluding hydrogens is 397 g/mol. The van der Waals surface area contributed by atoms with Gasteiger partial charge in [0.15, 0.2) is 5.82 Å². The van der Waals surface area contributed by atoms with E-state index in [2.05, 4.69) is 25.4 Å². The van der Waals surface area contributed by atoms with Crippen LogP contribution in [0.3, 0.4) is 0 Å². The van der Waals surface area contributed by atoms with E-state index in [9.17, 15) is 18.0 Å². The first-order valence-corrected chi connectivity index (χ1v) is 9.46. The van der Waals surface area contributed by atoms with Crippen molar-refractivity contribution in [2.45, 2.75) is 44.8 Å². The summed E-state index contributed by atoms with van der Waals surface area (Å²) in [5, 5.41) is 6.97. The average molecular weight is 416 g/mol. The minimum Gasteiger partial charge on any atom is -0.342 e. The van der Waals surface area contributed by atoms with Crippen molar-refractivity contribution >= 4 is 5.91 Å². The summed E-state index contributed by atoms with van der Waals surface area (Å²) in [5.41, 5.74) is -0.307. The molecule has 0 aliphatic heterocycles. The maximum absolute atomic E-state index is 13.3. The summed E-state index contributed by atoms with van der Waals surface area (Å²) >= 11 is 0. The first-order chi connectivity index (χ1) is 14.2. The summed E-state index contributed by atoms with van der Waals surface area (Å²) in [5.74, 6) is 0.577. The molecule has 0 bridgehead atoms. The van der Waals surface area contributed by atoms with E-state index in [0.29, 0.717) is 17.2 Å². The van der Waals surface area contributed by atoms with Gasteiger partial charge in [0.25, 0.3) is 11.9 Å². The van der Waals surface area contributed by atoms with Crippen LogP contribution in [0.2, 0.25) is 0 Å². The van der Waals surface area contributed by atoms with Crippen molar-refractivity contribution in [3.63, 3.8) is 0 Å². The van der Waals surface area contributed by atoms with Crippen molar-refractivity contribution in [3.8, 4) is 5.95 Å². The fourth-order valence-corrected chi connectivity index (χ4v) is 3.20. The van der Waals surface area contributed by atoms with Crippen LogP contribution in [0.4, 0.5) is 13.2 Å². The van der Waals surface area contributed by atoms with Gasteiger partial charge < -0.3 is 5.32 Å². The SMILES string of the molecule is Cc1nc(C(C)NC(=O)c2cc(C3CC3)cc(C(F)(F)F)c2)n(-c2ncccn2)n1. The van der Waals surface area contributed by atoms with E-state index in [1.165, 1.54) is 10.7 Å². The van der Waals surface area contributed by atoms with Gasteiger partial charge in [-0.05, 0) is 62.4 Å². The Bertz CT molecular complexity index is 1080. The van der Waals surface area contributed by atoms with Gasteiger partial charge in [0.2, 0.25) is 0 Å². The quantitative estimate of drug-likeness (QED) is 0.685. The van der Waals surface area contributed by atoms with Crippen LogP contribution >= 0.6 is 0 Å². The van der Waals surface area contributed by atoms with E-state index < -0.39 is 23.7 Å². The number of hydrogen-bond donors (Lipinski definition) is 1. The third-order valence-electron chi connectivity index (χ3n) is 4.81. The van der Waals surface area contributed by atoms with E-state index in [1.54, 1.807) is 32.3 Å². The molecule has 0 spiro atoms. The van der Waals surface area contributed by atoms with E-state index in [1.807, 2.05) is 0 Å². The third-order valence-corrected chi connectivity index (χ3v) is 4.81. The van der Waals surface area contributed by atoms with Crippen LogP contribution in [0, 0.1) is 6.92 Å². The first kappa shape index (κ1) is 20.0. The predicted octanol–water partition coefficient (Wildman–Crippen LogP) is 3.75.